The van der Waals surface area contributed by atoms with Gasteiger partial charge in [-0.15, -0.1) is 0 Å². The Labute approximate surface area is 189 Å². The molecule has 0 bridgehead atoms. The van der Waals surface area contributed by atoms with Gasteiger partial charge in [-0.3, -0.25) is 0 Å². The van der Waals surface area contributed by atoms with Crippen LogP contribution in [0.25, 0.3) is 6.08 Å². The largest absolute Gasteiger partial charge is 0.506 e. The Bertz CT molecular complexity index is 1050. The van der Waals surface area contributed by atoms with E-state index in [0.29, 0.717) is 43.6 Å². The van der Waals surface area contributed by atoms with Crippen molar-refractivity contribution < 1.29 is 19.4 Å². The summed E-state index contributed by atoms with van der Waals surface area (Å²) in [6.07, 6.45) is 1.66. The molecule has 0 fully saturated rings. The lowest BCUT2D eigenvalue weighted by Crippen LogP contribution is -2.12. The molecule has 30 heavy (non-hydrogen) atoms. The predicted octanol–water partition coefficient (Wildman–Crippen LogP) is 6.59. The molecule has 3 rings (SSSR count). The third-order valence-corrected chi connectivity index (χ3v) is 5.49. The van der Waals surface area contributed by atoms with E-state index in [-0.39, 0.29) is 17.9 Å². The highest BCUT2D eigenvalue weighted by Crippen LogP contribution is 2.42. The van der Waals surface area contributed by atoms with Gasteiger partial charge in [-0.1, -0.05) is 53.2 Å². The average Bonchev–Trinajstić information content (AvgIpc) is 3.00. The first-order chi connectivity index (χ1) is 14.4. The summed E-state index contributed by atoms with van der Waals surface area (Å²) in [7, 11) is 0. The summed E-state index contributed by atoms with van der Waals surface area (Å²) in [5.74, 6) is -0.419. The smallest absolute Gasteiger partial charge is 0.344 e. The molecule has 0 unspecified atom stereocenters. The van der Waals surface area contributed by atoms with Crippen LogP contribution in [0.1, 0.15) is 19.4 Å². The van der Waals surface area contributed by atoms with Crippen LogP contribution in [0.2, 0.25) is 10.0 Å². The van der Waals surface area contributed by atoms with E-state index in [1.54, 1.807) is 37.3 Å². The molecular weight excluding hydrogens is 445 g/mol. The normalized spacial score (nSPS) is 16.4. The van der Waals surface area contributed by atoms with Gasteiger partial charge in [0.25, 0.3) is 0 Å². The zero-order valence-corrected chi connectivity index (χ0v) is 18.6. The highest BCUT2D eigenvalue weighted by molar-refractivity contribution is 8.18. The third kappa shape index (κ3) is 5.01. The van der Waals surface area contributed by atoms with Crippen LogP contribution in [0.15, 0.2) is 63.7 Å². The number of thioether (sulfide) groups is 1. The monoisotopic (exact) mass is 463 g/mol. The minimum absolute atomic E-state index is 0.0167. The van der Waals surface area contributed by atoms with Gasteiger partial charge in [0.1, 0.15) is 22.1 Å². The van der Waals surface area contributed by atoms with E-state index in [2.05, 4.69) is 4.99 Å². The summed E-state index contributed by atoms with van der Waals surface area (Å²) in [6, 6.07) is 12.4. The van der Waals surface area contributed by atoms with Crippen molar-refractivity contribution in [2.24, 2.45) is 4.99 Å². The number of benzene rings is 2. The first-order valence-electron chi connectivity index (χ1n) is 9.20. The Morgan fingerprint density at radius 1 is 1.17 bits per heavy atom. The number of halogens is 2. The number of aliphatic hydroxyl groups excluding tert-OH is 1. The van der Waals surface area contributed by atoms with Gasteiger partial charge in [-0.25, -0.2) is 9.79 Å². The van der Waals surface area contributed by atoms with E-state index >= 15 is 0 Å². The number of rotatable bonds is 6. The molecule has 0 amide bonds. The van der Waals surface area contributed by atoms with Crippen molar-refractivity contribution in [3.05, 3.63) is 74.3 Å². The molecule has 2 aromatic rings. The number of aliphatic imine (C=N–C) groups is 1. The number of esters is 1. The molecule has 1 aliphatic rings. The van der Waals surface area contributed by atoms with E-state index in [1.807, 2.05) is 25.1 Å². The number of para-hydroxylation sites is 1. The fourth-order valence-electron chi connectivity index (χ4n) is 2.74. The number of carbonyl (C=O) groups is 1. The molecule has 0 saturated heterocycles. The van der Waals surface area contributed by atoms with Crippen LogP contribution in [0.4, 0.5) is 5.69 Å². The van der Waals surface area contributed by atoms with Crippen LogP contribution in [-0.4, -0.2) is 29.3 Å². The number of nitrogens with zero attached hydrogens (tertiary/aromatic N) is 1. The molecule has 0 aromatic heterocycles. The van der Waals surface area contributed by atoms with Gasteiger partial charge in [-0.2, -0.15) is 0 Å². The lowest BCUT2D eigenvalue weighted by atomic mass is 10.1. The molecule has 2 aromatic carbocycles. The van der Waals surface area contributed by atoms with Crippen molar-refractivity contribution in [3.63, 3.8) is 0 Å². The molecule has 5 nitrogen and oxygen atoms in total. The van der Waals surface area contributed by atoms with E-state index < -0.39 is 5.97 Å². The molecule has 1 N–H and O–H groups in total. The van der Waals surface area contributed by atoms with E-state index in [0.717, 1.165) is 11.8 Å². The van der Waals surface area contributed by atoms with Crippen molar-refractivity contribution in [2.75, 3.05) is 13.2 Å². The Morgan fingerprint density at radius 2 is 1.90 bits per heavy atom. The van der Waals surface area contributed by atoms with Crippen LogP contribution in [0, 0.1) is 0 Å². The SMILES string of the molecule is CCOC(=O)C1=C(O)/C(=C/c2cc(Cl)cc(Cl)c2OCC)SC1=Nc1ccccc1. The molecular formula is C22H19Cl2NO4S. The molecule has 0 atom stereocenters. The number of hydrogen-bond acceptors (Lipinski definition) is 6. The molecule has 156 valence electrons. The first-order valence-corrected chi connectivity index (χ1v) is 10.8. The zero-order chi connectivity index (χ0) is 21.7. The summed E-state index contributed by atoms with van der Waals surface area (Å²) in [4.78, 5) is 17.4. The average molecular weight is 464 g/mol. The highest BCUT2D eigenvalue weighted by atomic mass is 35.5. The number of hydrogen-bond donors (Lipinski definition) is 1. The summed E-state index contributed by atoms with van der Waals surface area (Å²) < 4.78 is 10.8. The fourth-order valence-corrected chi connectivity index (χ4v) is 4.33. The van der Waals surface area contributed by atoms with Gasteiger partial charge in [0.15, 0.2) is 0 Å². The van der Waals surface area contributed by atoms with Gasteiger partial charge in [0.2, 0.25) is 0 Å². The van der Waals surface area contributed by atoms with Crippen LogP contribution >= 0.6 is 35.0 Å². The maximum atomic E-state index is 12.5. The second-order valence-corrected chi connectivity index (χ2v) is 7.92. The van der Waals surface area contributed by atoms with E-state index in [4.69, 9.17) is 32.7 Å². The summed E-state index contributed by atoms with van der Waals surface area (Å²) in [6.45, 7) is 4.12. The quantitative estimate of drug-likeness (QED) is 0.489. The van der Waals surface area contributed by atoms with Crippen LogP contribution in [0.3, 0.4) is 0 Å². The van der Waals surface area contributed by atoms with Crippen LogP contribution < -0.4 is 4.74 Å². The maximum Gasteiger partial charge on any atom is 0.344 e. The molecule has 0 radical (unpaired) electrons. The molecule has 1 heterocycles. The lowest BCUT2D eigenvalue weighted by Gasteiger charge is -2.10. The standard InChI is InChI=1S/C22H19Cl2NO4S/c1-3-28-20-13(10-14(23)12-16(20)24)11-17-19(26)18(22(27)29-4-2)21(30-17)25-15-8-6-5-7-9-15/h5-12,26H,3-4H2,1-2H3/b17-11-,25-21?. The Kier molecular flexibility index (Phi) is 7.48. The highest BCUT2D eigenvalue weighted by Gasteiger charge is 2.33. The first kappa shape index (κ1) is 22.3. The fraction of sp³-hybridized carbons (Fsp3) is 0.182. The number of aliphatic hydroxyl groups is 1. The molecule has 1 aliphatic heterocycles. The summed E-state index contributed by atoms with van der Waals surface area (Å²) in [5, 5.41) is 11.9. The van der Waals surface area contributed by atoms with Gasteiger partial charge in [0, 0.05) is 10.6 Å². The lowest BCUT2D eigenvalue weighted by molar-refractivity contribution is -0.138. The van der Waals surface area contributed by atoms with Crippen LogP contribution in [-0.2, 0) is 9.53 Å². The van der Waals surface area contributed by atoms with Gasteiger partial charge >= 0.3 is 5.97 Å². The Hall–Kier alpha value is -2.41. The topological polar surface area (TPSA) is 68.1 Å². The minimum atomic E-state index is -0.644. The minimum Gasteiger partial charge on any atom is -0.506 e. The molecule has 0 spiro atoms. The second kappa shape index (κ2) is 10.1. The maximum absolute atomic E-state index is 12.5. The zero-order valence-electron chi connectivity index (χ0n) is 16.3. The van der Waals surface area contributed by atoms with Gasteiger partial charge in [-0.05, 0) is 44.2 Å². The molecule has 0 aliphatic carbocycles. The Balaban J connectivity index is 2.11. The van der Waals surface area contributed by atoms with E-state index in [9.17, 15) is 9.90 Å². The van der Waals surface area contributed by atoms with Gasteiger partial charge in [0.05, 0.1) is 28.8 Å². The van der Waals surface area contributed by atoms with Crippen molar-refractivity contribution >= 4 is 57.7 Å². The van der Waals surface area contributed by atoms with Crippen molar-refractivity contribution in [1.29, 1.82) is 0 Å². The van der Waals surface area contributed by atoms with E-state index in [1.165, 1.54) is 0 Å². The third-order valence-electron chi connectivity index (χ3n) is 3.97. The predicted molar refractivity (Wildman–Crippen MR) is 123 cm³/mol. The second-order valence-electron chi connectivity index (χ2n) is 6.05. The number of carbonyl (C=O) groups excluding carboxylic acids is 1. The number of ether oxygens (including phenoxy) is 2. The van der Waals surface area contributed by atoms with Crippen molar-refractivity contribution in [2.45, 2.75) is 13.8 Å². The molecule has 8 heteroatoms. The van der Waals surface area contributed by atoms with Crippen molar-refractivity contribution in [1.82, 2.24) is 0 Å². The van der Waals surface area contributed by atoms with Gasteiger partial charge < -0.3 is 14.6 Å². The van der Waals surface area contributed by atoms with Crippen LogP contribution in [0.5, 0.6) is 5.75 Å². The Morgan fingerprint density at radius 3 is 2.57 bits per heavy atom. The van der Waals surface area contributed by atoms with Crippen molar-refractivity contribution in [3.8, 4) is 5.75 Å². The summed E-state index contributed by atoms with van der Waals surface area (Å²) >= 11 is 13.6. The molecule has 0 saturated carbocycles. The summed E-state index contributed by atoms with van der Waals surface area (Å²) in [5.41, 5.74) is 1.24.